The van der Waals surface area contributed by atoms with Gasteiger partial charge in [-0.25, -0.2) is 4.39 Å². The monoisotopic (exact) mass is 344 g/mol. The summed E-state index contributed by atoms with van der Waals surface area (Å²) in [7, 11) is 3.25. The minimum atomic E-state index is -4.63. The average molecular weight is 344 g/mol. The van der Waals surface area contributed by atoms with Gasteiger partial charge in [-0.1, -0.05) is 6.07 Å². The van der Waals surface area contributed by atoms with Gasteiger partial charge in [0.25, 0.3) is 0 Å². The number of hydrogen-bond donors (Lipinski definition) is 2. The van der Waals surface area contributed by atoms with Crippen molar-refractivity contribution in [2.24, 2.45) is 12.0 Å². The van der Waals surface area contributed by atoms with Gasteiger partial charge in [0.1, 0.15) is 12.1 Å². The third-order valence-electron chi connectivity index (χ3n) is 3.27. The predicted octanol–water partition coefficient (Wildman–Crippen LogP) is 1.84. The molecular formula is C14H16F4N6. The summed E-state index contributed by atoms with van der Waals surface area (Å²) < 4.78 is 53.6. The van der Waals surface area contributed by atoms with Gasteiger partial charge in [-0.05, 0) is 17.7 Å². The Morgan fingerprint density at radius 3 is 2.54 bits per heavy atom. The number of aliphatic imine (C=N–C) groups is 1. The SMILES string of the molecule is CN=C(NCc1ccc(F)cc1C(F)(F)F)NCc1nncn1C. The van der Waals surface area contributed by atoms with Crippen molar-refractivity contribution in [3.05, 3.63) is 47.3 Å². The van der Waals surface area contributed by atoms with E-state index in [-0.39, 0.29) is 18.1 Å². The Hall–Kier alpha value is -2.65. The molecule has 2 rings (SSSR count). The van der Waals surface area contributed by atoms with Crippen molar-refractivity contribution in [2.75, 3.05) is 7.05 Å². The van der Waals surface area contributed by atoms with E-state index in [1.54, 1.807) is 11.6 Å². The van der Waals surface area contributed by atoms with Gasteiger partial charge in [-0.2, -0.15) is 13.2 Å². The fourth-order valence-electron chi connectivity index (χ4n) is 2.00. The summed E-state index contributed by atoms with van der Waals surface area (Å²) in [6.45, 7) is 0.138. The summed E-state index contributed by atoms with van der Waals surface area (Å²) in [5, 5.41) is 13.3. The molecule has 1 aromatic carbocycles. The molecule has 0 radical (unpaired) electrons. The van der Waals surface area contributed by atoms with Crippen molar-refractivity contribution in [1.29, 1.82) is 0 Å². The minimum absolute atomic E-state index is 0.0782. The topological polar surface area (TPSA) is 67.1 Å². The summed E-state index contributed by atoms with van der Waals surface area (Å²) in [6, 6.07) is 2.57. The van der Waals surface area contributed by atoms with Crippen LogP contribution in [0.1, 0.15) is 17.0 Å². The second-order valence-electron chi connectivity index (χ2n) is 4.94. The Bertz CT molecular complexity index is 722. The molecule has 2 aromatic rings. The van der Waals surface area contributed by atoms with Crippen molar-refractivity contribution < 1.29 is 17.6 Å². The van der Waals surface area contributed by atoms with Crippen molar-refractivity contribution in [2.45, 2.75) is 19.3 Å². The molecule has 0 amide bonds. The number of hydrogen-bond acceptors (Lipinski definition) is 3. The third-order valence-corrected chi connectivity index (χ3v) is 3.27. The van der Waals surface area contributed by atoms with Crippen molar-refractivity contribution in [1.82, 2.24) is 25.4 Å². The van der Waals surface area contributed by atoms with E-state index in [1.165, 1.54) is 13.4 Å². The van der Waals surface area contributed by atoms with Crippen LogP contribution in [0, 0.1) is 5.82 Å². The van der Waals surface area contributed by atoms with Crippen LogP contribution in [0.25, 0.3) is 0 Å². The molecule has 0 bridgehead atoms. The van der Waals surface area contributed by atoms with Crippen LogP contribution in [0.15, 0.2) is 29.5 Å². The smallest absolute Gasteiger partial charge is 0.352 e. The van der Waals surface area contributed by atoms with Gasteiger partial charge in [-0.15, -0.1) is 10.2 Å². The highest BCUT2D eigenvalue weighted by Gasteiger charge is 2.33. The molecule has 0 aliphatic heterocycles. The first-order valence-electron chi connectivity index (χ1n) is 6.94. The van der Waals surface area contributed by atoms with Crippen LogP contribution in [0.5, 0.6) is 0 Å². The van der Waals surface area contributed by atoms with Crippen molar-refractivity contribution >= 4 is 5.96 Å². The highest BCUT2D eigenvalue weighted by molar-refractivity contribution is 5.79. The Morgan fingerprint density at radius 1 is 1.25 bits per heavy atom. The number of rotatable bonds is 4. The molecule has 1 heterocycles. The minimum Gasteiger partial charge on any atom is -0.352 e. The first-order valence-corrected chi connectivity index (χ1v) is 6.94. The van der Waals surface area contributed by atoms with Gasteiger partial charge in [-0.3, -0.25) is 4.99 Å². The van der Waals surface area contributed by atoms with E-state index < -0.39 is 17.6 Å². The molecule has 130 valence electrons. The van der Waals surface area contributed by atoms with Crippen LogP contribution in [-0.4, -0.2) is 27.8 Å². The lowest BCUT2D eigenvalue weighted by Gasteiger charge is -2.15. The molecule has 0 aliphatic carbocycles. The fraction of sp³-hybridized carbons (Fsp3) is 0.357. The van der Waals surface area contributed by atoms with Crippen molar-refractivity contribution in [3.63, 3.8) is 0 Å². The number of aryl methyl sites for hydroxylation is 1. The Morgan fingerprint density at radius 2 is 1.96 bits per heavy atom. The quantitative estimate of drug-likeness (QED) is 0.505. The van der Waals surface area contributed by atoms with Gasteiger partial charge in [0.2, 0.25) is 0 Å². The number of aromatic nitrogens is 3. The maximum Gasteiger partial charge on any atom is 0.416 e. The lowest BCUT2D eigenvalue weighted by Crippen LogP contribution is -2.37. The standard InChI is InChI=1S/C14H16F4N6/c1-19-13(21-7-12-23-22-8-24(12)2)20-6-9-3-4-10(15)5-11(9)14(16,17)18/h3-5,8H,6-7H2,1-2H3,(H2,19,20,21). The molecule has 10 heteroatoms. The number of nitrogens with zero attached hydrogens (tertiary/aromatic N) is 4. The van der Waals surface area contributed by atoms with E-state index in [9.17, 15) is 17.6 Å². The summed E-state index contributed by atoms with van der Waals surface area (Å²) >= 11 is 0. The summed E-state index contributed by atoms with van der Waals surface area (Å²) in [4.78, 5) is 3.92. The second kappa shape index (κ2) is 7.28. The number of alkyl halides is 3. The summed E-state index contributed by atoms with van der Waals surface area (Å²) in [5.74, 6) is -0.0120. The van der Waals surface area contributed by atoms with Crippen LogP contribution in [0.4, 0.5) is 17.6 Å². The van der Waals surface area contributed by atoms with Gasteiger partial charge in [0, 0.05) is 20.6 Å². The van der Waals surface area contributed by atoms with Gasteiger partial charge in [0.15, 0.2) is 11.8 Å². The zero-order chi connectivity index (χ0) is 17.7. The number of nitrogens with one attached hydrogen (secondary N) is 2. The lowest BCUT2D eigenvalue weighted by molar-refractivity contribution is -0.138. The van der Waals surface area contributed by atoms with Crippen LogP contribution in [0.3, 0.4) is 0 Å². The Kier molecular flexibility index (Phi) is 5.37. The Balaban J connectivity index is 2.02. The molecule has 24 heavy (non-hydrogen) atoms. The van der Waals surface area contributed by atoms with E-state index in [0.717, 1.165) is 12.1 Å². The van der Waals surface area contributed by atoms with Crippen molar-refractivity contribution in [3.8, 4) is 0 Å². The van der Waals surface area contributed by atoms with E-state index in [0.29, 0.717) is 18.4 Å². The van der Waals surface area contributed by atoms with E-state index in [4.69, 9.17) is 0 Å². The number of guanidine groups is 1. The molecule has 6 nitrogen and oxygen atoms in total. The summed E-state index contributed by atoms with van der Waals surface area (Å²) in [5.41, 5.74) is -1.09. The maximum atomic E-state index is 13.1. The second-order valence-corrected chi connectivity index (χ2v) is 4.94. The van der Waals surface area contributed by atoms with Crippen LogP contribution in [0.2, 0.25) is 0 Å². The zero-order valence-corrected chi connectivity index (χ0v) is 13.0. The molecule has 0 atom stereocenters. The Labute approximate surface area is 135 Å². The predicted molar refractivity (Wildman–Crippen MR) is 79.4 cm³/mol. The maximum absolute atomic E-state index is 13.1. The fourth-order valence-corrected chi connectivity index (χ4v) is 2.00. The number of benzene rings is 1. The highest BCUT2D eigenvalue weighted by Crippen LogP contribution is 2.32. The molecular weight excluding hydrogens is 328 g/mol. The third kappa shape index (κ3) is 4.43. The summed E-state index contributed by atoms with van der Waals surface area (Å²) in [6.07, 6.45) is -3.10. The molecule has 1 aromatic heterocycles. The van der Waals surface area contributed by atoms with E-state index in [1.807, 2.05) is 0 Å². The molecule has 2 N–H and O–H groups in total. The highest BCUT2D eigenvalue weighted by atomic mass is 19.4. The van der Waals surface area contributed by atoms with Gasteiger partial charge >= 0.3 is 6.18 Å². The molecule has 0 unspecified atom stereocenters. The molecule has 0 spiro atoms. The largest absolute Gasteiger partial charge is 0.416 e. The lowest BCUT2D eigenvalue weighted by atomic mass is 10.1. The van der Waals surface area contributed by atoms with Crippen LogP contribution in [-0.2, 0) is 26.3 Å². The molecule has 0 saturated heterocycles. The average Bonchev–Trinajstić information content (AvgIpc) is 2.93. The van der Waals surface area contributed by atoms with E-state index in [2.05, 4.69) is 25.8 Å². The molecule has 0 aliphatic rings. The van der Waals surface area contributed by atoms with E-state index >= 15 is 0 Å². The normalized spacial score (nSPS) is 12.3. The van der Waals surface area contributed by atoms with Crippen LogP contribution >= 0.6 is 0 Å². The first-order chi connectivity index (χ1) is 11.3. The van der Waals surface area contributed by atoms with Gasteiger partial charge in [0.05, 0.1) is 12.1 Å². The number of halogens is 4. The molecule has 0 saturated carbocycles. The molecule has 0 fully saturated rings. The van der Waals surface area contributed by atoms with Crippen LogP contribution < -0.4 is 10.6 Å². The zero-order valence-electron chi connectivity index (χ0n) is 13.0. The van der Waals surface area contributed by atoms with Gasteiger partial charge < -0.3 is 15.2 Å². The first kappa shape index (κ1) is 17.7.